The number of methoxy groups -OCH3 is 1. The van der Waals surface area contributed by atoms with E-state index in [0.717, 1.165) is 16.5 Å². The van der Waals surface area contributed by atoms with Crippen LogP contribution in [0.25, 0.3) is 10.9 Å². The summed E-state index contributed by atoms with van der Waals surface area (Å²) >= 11 is 5.97. The van der Waals surface area contributed by atoms with Gasteiger partial charge in [-0.3, -0.25) is 4.79 Å². The number of piperidine rings is 1. The van der Waals surface area contributed by atoms with Gasteiger partial charge in [0.2, 0.25) is 0 Å². The molecule has 0 atom stereocenters. The van der Waals surface area contributed by atoms with Gasteiger partial charge in [-0.1, -0.05) is 41.9 Å². The zero-order valence-corrected chi connectivity index (χ0v) is 17.2. The number of amides is 1. The molecule has 3 aromatic rings. The summed E-state index contributed by atoms with van der Waals surface area (Å²) in [6.45, 7) is 2.30. The summed E-state index contributed by atoms with van der Waals surface area (Å²) in [5.74, 6) is 0.00974. The first-order valence-corrected chi connectivity index (χ1v) is 10.2. The van der Waals surface area contributed by atoms with Crippen LogP contribution in [0.3, 0.4) is 0 Å². The van der Waals surface area contributed by atoms with Crippen molar-refractivity contribution in [3.63, 3.8) is 0 Å². The molecule has 1 aromatic heterocycles. The molecule has 1 amide bonds. The van der Waals surface area contributed by atoms with Gasteiger partial charge in [0.05, 0.1) is 17.8 Å². The second-order valence-corrected chi connectivity index (χ2v) is 8.01. The summed E-state index contributed by atoms with van der Waals surface area (Å²) < 4.78 is 7.27. The van der Waals surface area contributed by atoms with Crippen LogP contribution in [0.15, 0.2) is 54.7 Å². The maximum absolute atomic E-state index is 13.3. The number of benzene rings is 2. The Hall–Kier alpha value is -2.34. The lowest BCUT2D eigenvalue weighted by Gasteiger charge is -2.38. The minimum absolute atomic E-state index is 0.00974. The molecule has 5 nitrogen and oxygen atoms in total. The molecule has 0 spiro atoms. The lowest BCUT2D eigenvalue weighted by Crippen LogP contribution is -2.45. The molecule has 1 aliphatic rings. The average molecular weight is 413 g/mol. The average Bonchev–Trinajstić information content (AvgIpc) is 3.11. The highest BCUT2D eigenvalue weighted by Crippen LogP contribution is 2.34. The van der Waals surface area contributed by atoms with E-state index in [9.17, 15) is 9.90 Å². The smallest absolute Gasteiger partial charge is 0.256 e. The van der Waals surface area contributed by atoms with Gasteiger partial charge in [0, 0.05) is 48.9 Å². The fourth-order valence-electron chi connectivity index (χ4n) is 4.09. The highest BCUT2D eigenvalue weighted by Gasteiger charge is 2.36. The Morgan fingerprint density at radius 3 is 2.52 bits per heavy atom. The van der Waals surface area contributed by atoms with Crippen LogP contribution in [-0.2, 0) is 16.9 Å². The number of nitrogens with zero attached hydrogens (tertiary/aromatic N) is 2. The van der Waals surface area contributed by atoms with E-state index in [4.69, 9.17) is 16.3 Å². The summed E-state index contributed by atoms with van der Waals surface area (Å²) in [5, 5.41) is 12.7. The number of rotatable bonds is 5. The monoisotopic (exact) mass is 412 g/mol. The molecule has 0 bridgehead atoms. The Morgan fingerprint density at radius 1 is 1.14 bits per heavy atom. The van der Waals surface area contributed by atoms with E-state index in [-0.39, 0.29) is 5.91 Å². The molecule has 1 saturated heterocycles. The molecule has 0 aliphatic carbocycles. The number of halogens is 1. The van der Waals surface area contributed by atoms with Gasteiger partial charge in [-0.25, -0.2) is 0 Å². The summed E-state index contributed by atoms with van der Waals surface area (Å²) in [5.41, 5.74) is 1.66. The number of aromatic nitrogens is 1. The minimum atomic E-state index is -0.923. The second kappa shape index (κ2) is 8.19. The van der Waals surface area contributed by atoms with E-state index in [0.29, 0.717) is 49.7 Å². The van der Waals surface area contributed by atoms with Crippen molar-refractivity contribution in [2.24, 2.45) is 0 Å². The first-order chi connectivity index (χ1) is 14.0. The van der Waals surface area contributed by atoms with Crippen LogP contribution in [0.2, 0.25) is 5.02 Å². The van der Waals surface area contributed by atoms with E-state index >= 15 is 0 Å². The predicted octanol–water partition coefficient (Wildman–Crippen LogP) is 4.06. The number of hydrogen-bond acceptors (Lipinski definition) is 3. The second-order valence-electron chi connectivity index (χ2n) is 7.58. The van der Waals surface area contributed by atoms with E-state index in [2.05, 4.69) is 4.57 Å². The Kier molecular flexibility index (Phi) is 5.63. The SMILES string of the molecule is COCCn1cc(C(=O)N2CCC(O)(c3ccc(Cl)cc3)CC2)c2ccccc21. The highest BCUT2D eigenvalue weighted by molar-refractivity contribution is 6.30. The van der Waals surface area contributed by atoms with Crippen molar-refractivity contribution >= 4 is 28.4 Å². The van der Waals surface area contributed by atoms with E-state index in [1.54, 1.807) is 19.2 Å². The van der Waals surface area contributed by atoms with Crippen LogP contribution in [0, 0.1) is 0 Å². The molecule has 29 heavy (non-hydrogen) atoms. The predicted molar refractivity (Wildman–Crippen MR) is 114 cm³/mol. The summed E-state index contributed by atoms with van der Waals surface area (Å²) in [4.78, 5) is 15.1. The van der Waals surface area contributed by atoms with Gasteiger partial charge in [0.15, 0.2) is 0 Å². The molecule has 1 fully saturated rings. The van der Waals surface area contributed by atoms with Crippen LogP contribution >= 0.6 is 11.6 Å². The van der Waals surface area contributed by atoms with Gasteiger partial charge in [-0.05, 0) is 36.6 Å². The van der Waals surface area contributed by atoms with E-state index < -0.39 is 5.60 Å². The van der Waals surface area contributed by atoms with Crippen molar-refractivity contribution in [2.45, 2.75) is 25.0 Å². The molecule has 4 rings (SSSR count). The third-order valence-corrected chi connectivity index (χ3v) is 6.07. The number of ether oxygens (including phenoxy) is 1. The molecule has 0 saturated carbocycles. The van der Waals surface area contributed by atoms with Crippen LogP contribution < -0.4 is 0 Å². The van der Waals surface area contributed by atoms with E-state index in [1.807, 2.05) is 47.5 Å². The van der Waals surface area contributed by atoms with Crippen molar-refractivity contribution in [2.75, 3.05) is 26.8 Å². The molecule has 1 N–H and O–H groups in total. The first kappa shape index (κ1) is 20.0. The molecule has 0 unspecified atom stereocenters. The van der Waals surface area contributed by atoms with Crippen LogP contribution in [0.4, 0.5) is 0 Å². The van der Waals surface area contributed by atoms with Crippen LogP contribution in [0.5, 0.6) is 0 Å². The first-order valence-electron chi connectivity index (χ1n) is 9.86. The molecule has 6 heteroatoms. The molecule has 0 radical (unpaired) electrons. The van der Waals surface area contributed by atoms with Crippen molar-refractivity contribution in [1.29, 1.82) is 0 Å². The van der Waals surface area contributed by atoms with Crippen LogP contribution in [-0.4, -0.2) is 47.3 Å². The number of likely N-dealkylation sites (tertiary alicyclic amines) is 1. The summed E-state index contributed by atoms with van der Waals surface area (Å²) in [6.07, 6.45) is 2.93. The lowest BCUT2D eigenvalue weighted by atomic mass is 9.84. The molecule has 2 heterocycles. The highest BCUT2D eigenvalue weighted by atomic mass is 35.5. The largest absolute Gasteiger partial charge is 0.385 e. The fraction of sp³-hybridized carbons (Fsp3) is 0.348. The number of carbonyl (C=O) groups is 1. The quantitative estimate of drug-likeness (QED) is 0.687. The minimum Gasteiger partial charge on any atom is -0.385 e. The van der Waals surface area contributed by atoms with Crippen molar-refractivity contribution < 1.29 is 14.6 Å². The molecule has 1 aliphatic heterocycles. The molecular formula is C23H25ClN2O3. The Labute approximate surface area is 175 Å². The lowest BCUT2D eigenvalue weighted by molar-refractivity contribution is -0.0211. The Bertz CT molecular complexity index is 1000. The Morgan fingerprint density at radius 2 is 1.83 bits per heavy atom. The van der Waals surface area contributed by atoms with Gasteiger partial charge in [-0.2, -0.15) is 0 Å². The fourth-order valence-corrected chi connectivity index (χ4v) is 4.22. The van der Waals surface area contributed by atoms with Crippen LogP contribution in [0.1, 0.15) is 28.8 Å². The Balaban J connectivity index is 1.53. The number of aliphatic hydroxyl groups is 1. The number of para-hydroxylation sites is 1. The molecule has 152 valence electrons. The zero-order chi connectivity index (χ0) is 20.4. The van der Waals surface area contributed by atoms with Gasteiger partial charge < -0.3 is 19.3 Å². The van der Waals surface area contributed by atoms with Crippen molar-refractivity contribution in [3.8, 4) is 0 Å². The summed E-state index contributed by atoms with van der Waals surface area (Å²) in [6, 6.07) is 15.3. The van der Waals surface area contributed by atoms with Gasteiger partial charge in [-0.15, -0.1) is 0 Å². The van der Waals surface area contributed by atoms with Gasteiger partial charge in [0.1, 0.15) is 0 Å². The molecule has 2 aromatic carbocycles. The maximum Gasteiger partial charge on any atom is 0.256 e. The third kappa shape index (κ3) is 3.90. The van der Waals surface area contributed by atoms with Gasteiger partial charge >= 0.3 is 0 Å². The number of fused-ring (bicyclic) bond motifs is 1. The topological polar surface area (TPSA) is 54.7 Å². The van der Waals surface area contributed by atoms with Gasteiger partial charge in [0.25, 0.3) is 5.91 Å². The maximum atomic E-state index is 13.3. The number of hydrogen-bond donors (Lipinski definition) is 1. The third-order valence-electron chi connectivity index (χ3n) is 5.81. The standard InChI is InChI=1S/C23H25ClN2O3/c1-29-15-14-26-16-20(19-4-2-3-5-21(19)26)22(27)25-12-10-23(28,11-13-25)17-6-8-18(24)9-7-17/h2-9,16,28H,10-15H2,1H3. The number of carbonyl (C=O) groups excluding carboxylic acids is 1. The van der Waals surface area contributed by atoms with Crippen molar-refractivity contribution in [3.05, 3.63) is 70.9 Å². The van der Waals surface area contributed by atoms with E-state index in [1.165, 1.54) is 0 Å². The summed E-state index contributed by atoms with van der Waals surface area (Å²) in [7, 11) is 1.67. The molecular weight excluding hydrogens is 388 g/mol. The normalized spacial score (nSPS) is 16.3. The zero-order valence-electron chi connectivity index (χ0n) is 16.5. The van der Waals surface area contributed by atoms with Crippen molar-refractivity contribution in [1.82, 2.24) is 9.47 Å².